The molecule has 2 heterocycles. The van der Waals surface area contributed by atoms with E-state index >= 15 is 0 Å². The Kier molecular flexibility index (Phi) is 3.81. The van der Waals surface area contributed by atoms with Crippen molar-refractivity contribution in [1.82, 2.24) is 14.9 Å². The predicted molar refractivity (Wildman–Crippen MR) is 77.9 cm³/mol. The Balaban J connectivity index is 1.77. The number of amides is 1. The van der Waals surface area contributed by atoms with Crippen molar-refractivity contribution in [1.29, 1.82) is 0 Å². The summed E-state index contributed by atoms with van der Waals surface area (Å²) >= 11 is 0. The van der Waals surface area contributed by atoms with E-state index in [4.69, 9.17) is 0 Å². The number of carbonyl (C=O) groups excluding carboxylic acids is 1. The number of aromatic nitrogens is 2. The van der Waals surface area contributed by atoms with E-state index in [-0.39, 0.29) is 5.91 Å². The van der Waals surface area contributed by atoms with Crippen LogP contribution >= 0.6 is 0 Å². The highest BCUT2D eigenvalue weighted by Crippen LogP contribution is 2.18. The lowest BCUT2D eigenvalue weighted by Crippen LogP contribution is -2.37. The molecule has 1 aliphatic rings. The normalized spacial score (nSPS) is 16.0. The minimum absolute atomic E-state index is 0.00533. The van der Waals surface area contributed by atoms with Crippen LogP contribution in [-0.2, 0) is 0 Å². The zero-order valence-corrected chi connectivity index (χ0v) is 11.5. The van der Waals surface area contributed by atoms with Gasteiger partial charge in [0.1, 0.15) is 5.69 Å². The van der Waals surface area contributed by atoms with E-state index < -0.39 is 0 Å². The molecule has 0 radical (unpaired) electrons. The van der Waals surface area contributed by atoms with Gasteiger partial charge in [-0.25, -0.2) is 0 Å². The van der Waals surface area contributed by atoms with E-state index in [1.807, 2.05) is 35.0 Å². The molecule has 1 fully saturated rings. The fourth-order valence-electron chi connectivity index (χ4n) is 2.79. The molecule has 0 aliphatic heterocycles. The molecule has 2 aromatic rings. The van der Waals surface area contributed by atoms with Gasteiger partial charge in [-0.05, 0) is 37.1 Å². The number of pyridine rings is 1. The summed E-state index contributed by atoms with van der Waals surface area (Å²) in [6, 6.07) is 7.89. The Hall–Kier alpha value is -2.10. The van der Waals surface area contributed by atoms with Gasteiger partial charge in [-0.2, -0.15) is 0 Å². The molecular formula is C16H19N3O. The number of hydrogen-bond acceptors (Lipinski definition) is 2. The second-order valence-corrected chi connectivity index (χ2v) is 5.28. The smallest absolute Gasteiger partial charge is 0.268 e. The minimum Gasteiger partial charge on any atom is -0.348 e. The van der Waals surface area contributed by atoms with E-state index in [1.54, 1.807) is 12.4 Å². The van der Waals surface area contributed by atoms with Crippen molar-refractivity contribution in [2.45, 2.75) is 38.1 Å². The number of rotatable bonds is 3. The maximum Gasteiger partial charge on any atom is 0.268 e. The summed E-state index contributed by atoms with van der Waals surface area (Å²) in [6.07, 6.45) is 11.3. The van der Waals surface area contributed by atoms with Crippen LogP contribution in [0.3, 0.4) is 0 Å². The Bertz CT molecular complexity index is 570. The molecule has 0 saturated heterocycles. The van der Waals surface area contributed by atoms with E-state index in [0.717, 1.165) is 18.5 Å². The topological polar surface area (TPSA) is 46.9 Å². The van der Waals surface area contributed by atoms with Crippen molar-refractivity contribution in [3.63, 3.8) is 0 Å². The third-order valence-corrected chi connectivity index (χ3v) is 3.85. The Morgan fingerprint density at radius 2 is 2.05 bits per heavy atom. The summed E-state index contributed by atoms with van der Waals surface area (Å²) in [5.41, 5.74) is 1.58. The molecule has 0 aromatic carbocycles. The SMILES string of the molecule is O=C(NC1CCCCC1)c1cccn1-c1cccnc1. The molecule has 0 unspecified atom stereocenters. The van der Waals surface area contributed by atoms with Gasteiger partial charge in [-0.15, -0.1) is 0 Å². The molecule has 20 heavy (non-hydrogen) atoms. The molecule has 1 N–H and O–H groups in total. The zero-order valence-electron chi connectivity index (χ0n) is 11.5. The summed E-state index contributed by atoms with van der Waals surface area (Å²) < 4.78 is 1.88. The molecule has 104 valence electrons. The Morgan fingerprint density at radius 3 is 2.80 bits per heavy atom. The molecule has 1 aliphatic carbocycles. The lowest BCUT2D eigenvalue weighted by molar-refractivity contribution is 0.0921. The van der Waals surface area contributed by atoms with Crippen LogP contribution in [0.5, 0.6) is 0 Å². The van der Waals surface area contributed by atoms with Crippen LogP contribution in [0.1, 0.15) is 42.6 Å². The van der Waals surface area contributed by atoms with Crippen LogP contribution in [0, 0.1) is 0 Å². The van der Waals surface area contributed by atoms with Crippen molar-refractivity contribution >= 4 is 5.91 Å². The van der Waals surface area contributed by atoms with Crippen LogP contribution in [0.2, 0.25) is 0 Å². The second kappa shape index (κ2) is 5.90. The van der Waals surface area contributed by atoms with Crippen LogP contribution in [0.25, 0.3) is 5.69 Å². The Labute approximate surface area is 118 Å². The average molecular weight is 269 g/mol. The van der Waals surface area contributed by atoms with Crippen LogP contribution in [0.15, 0.2) is 42.9 Å². The minimum atomic E-state index is 0.00533. The van der Waals surface area contributed by atoms with Crippen molar-refractivity contribution in [3.05, 3.63) is 48.5 Å². The number of nitrogens with zero attached hydrogens (tertiary/aromatic N) is 2. The quantitative estimate of drug-likeness (QED) is 0.931. The van der Waals surface area contributed by atoms with Crippen molar-refractivity contribution in [3.8, 4) is 5.69 Å². The van der Waals surface area contributed by atoms with Gasteiger partial charge in [-0.1, -0.05) is 19.3 Å². The molecule has 0 spiro atoms. The van der Waals surface area contributed by atoms with Crippen LogP contribution in [-0.4, -0.2) is 21.5 Å². The lowest BCUT2D eigenvalue weighted by atomic mass is 9.95. The van der Waals surface area contributed by atoms with Gasteiger partial charge in [0, 0.05) is 18.4 Å². The lowest BCUT2D eigenvalue weighted by Gasteiger charge is -2.23. The molecule has 2 aromatic heterocycles. The van der Waals surface area contributed by atoms with Crippen LogP contribution in [0.4, 0.5) is 0 Å². The van der Waals surface area contributed by atoms with Gasteiger partial charge in [0.15, 0.2) is 0 Å². The maximum atomic E-state index is 12.4. The molecule has 1 amide bonds. The van der Waals surface area contributed by atoms with Crippen LogP contribution < -0.4 is 5.32 Å². The molecular weight excluding hydrogens is 250 g/mol. The first kappa shape index (κ1) is 12.9. The molecule has 0 atom stereocenters. The summed E-state index contributed by atoms with van der Waals surface area (Å²) in [5.74, 6) is 0.00533. The van der Waals surface area contributed by atoms with Gasteiger partial charge >= 0.3 is 0 Å². The second-order valence-electron chi connectivity index (χ2n) is 5.28. The summed E-state index contributed by atoms with van der Waals surface area (Å²) in [5, 5.41) is 3.15. The van der Waals surface area contributed by atoms with Gasteiger partial charge in [0.25, 0.3) is 5.91 Å². The third-order valence-electron chi connectivity index (χ3n) is 3.85. The highest BCUT2D eigenvalue weighted by Gasteiger charge is 2.18. The Morgan fingerprint density at radius 1 is 1.20 bits per heavy atom. The fourth-order valence-corrected chi connectivity index (χ4v) is 2.79. The van der Waals surface area contributed by atoms with Gasteiger partial charge in [0.2, 0.25) is 0 Å². The highest BCUT2D eigenvalue weighted by atomic mass is 16.2. The molecule has 4 nitrogen and oxygen atoms in total. The summed E-state index contributed by atoms with van der Waals surface area (Å²) in [6.45, 7) is 0. The van der Waals surface area contributed by atoms with Gasteiger partial charge in [-0.3, -0.25) is 9.78 Å². The molecule has 3 rings (SSSR count). The molecule has 0 bridgehead atoms. The first-order valence-electron chi connectivity index (χ1n) is 7.23. The van der Waals surface area contributed by atoms with Crippen molar-refractivity contribution in [2.75, 3.05) is 0 Å². The van der Waals surface area contributed by atoms with Crippen molar-refractivity contribution in [2.24, 2.45) is 0 Å². The van der Waals surface area contributed by atoms with E-state index in [0.29, 0.717) is 11.7 Å². The zero-order chi connectivity index (χ0) is 13.8. The first-order valence-corrected chi connectivity index (χ1v) is 7.23. The third kappa shape index (κ3) is 2.74. The van der Waals surface area contributed by atoms with E-state index in [2.05, 4.69) is 10.3 Å². The largest absolute Gasteiger partial charge is 0.348 e. The maximum absolute atomic E-state index is 12.4. The van der Waals surface area contributed by atoms with Gasteiger partial charge in [0.05, 0.1) is 11.9 Å². The number of carbonyl (C=O) groups is 1. The summed E-state index contributed by atoms with van der Waals surface area (Å²) in [4.78, 5) is 16.5. The monoisotopic (exact) mass is 269 g/mol. The average Bonchev–Trinajstić information content (AvgIpc) is 2.99. The van der Waals surface area contributed by atoms with E-state index in [1.165, 1.54) is 19.3 Å². The predicted octanol–water partition coefficient (Wildman–Crippen LogP) is 2.93. The van der Waals surface area contributed by atoms with E-state index in [9.17, 15) is 4.79 Å². The van der Waals surface area contributed by atoms with Gasteiger partial charge < -0.3 is 9.88 Å². The number of hydrogen-bond donors (Lipinski definition) is 1. The standard InChI is InChI=1S/C16H19N3O/c20-16(18-13-6-2-1-3-7-13)15-9-5-11-19(15)14-8-4-10-17-12-14/h4-5,8-13H,1-3,6-7H2,(H,18,20). The first-order chi connectivity index (χ1) is 9.84. The molecule has 4 heteroatoms. The highest BCUT2D eigenvalue weighted by molar-refractivity contribution is 5.93. The number of nitrogens with one attached hydrogen (secondary N) is 1. The fraction of sp³-hybridized carbons (Fsp3) is 0.375. The molecule has 1 saturated carbocycles. The van der Waals surface area contributed by atoms with Crippen molar-refractivity contribution < 1.29 is 4.79 Å². The summed E-state index contributed by atoms with van der Waals surface area (Å²) in [7, 11) is 0.